The molecular formula is C14H20N4. The Morgan fingerprint density at radius 1 is 1.33 bits per heavy atom. The highest BCUT2D eigenvalue weighted by Gasteiger charge is 2.10. The predicted octanol–water partition coefficient (Wildman–Crippen LogP) is 1.95. The van der Waals surface area contributed by atoms with Gasteiger partial charge in [0.05, 0.1) is 6.20 Å². The van der Waals surface area contributed by atoms with E-state index in [1.54, 1.807) is 4.68 Å². The molecule has 0 fully saturated rings. The Bertz CT molecular complexity index is 464. The van der Waals surface area contributed by atoms with E-state index < -0.39 is 0 Å². The highest BCUT2D eigenvalue weighted by molar-refractivity contribution is 5.15. The molecule has 4 nitrogen and oxygen atoms in total. The molecule has 2 rings (SSSR count). The summed E-state index contributed by atoms with van der Waals surface area (Å²) in [5.74, 6) is 5.61. The summed E-state index contributed by atoms with van der Waals surface area (Å²) >= 11 is 0. The minimum atomic E-state index is 0.183. The summed E-state index contributed by atoms with van der Waals surface area (Å²) < 4.78 is 1.80. The van der Waals surface area contributed by atoms with Gasteiger partial charge < -0.3 is 0 Å². The number of nitrogens with zero attached hydrogens (tertiary/aromatic N) is 2. The number of nitrogens with one attached hydrogen (secondary N) is 1. The van der Waals surface area contributed by atoms with Gasteiger partial charge in [-0.25, -0.2) is 0 Å². The van der Waals surface area contributed by atoms with E-state index in [-0.39, 0.29) is 6.04 Å². The first kappa shape index (κ1) is 12.8. The number of aryl methyl sites for hydroxylation is 2. The van der Waals surface area contributed by atoms with Crippen molar-refractivity contribution in [3.8, 4) is 0 Å². The molecule has 0 saturated carbocycles. The lowest BCUT2D eigenvalue weighted by Crippen LogP contribution is -2.27. The summed E-state index contributed by atoms with van der Waals surface area (Å²) in [5.41, 5.74) is 5.39. The fourth-order valence-electron chi connectivity index (χ4n) is 2.12. The smallest absolute Gasteiger partial charge is 0.0538 e. The number of hydrazine groups is 1. The van der Waals surface area contributed by atoms with E-state index in [1.807, 2.05) is 25.5 Å². The van der Waals surface area contributed by atoms with Gasteiger partial charge in [0, 0.05) is 24.8 Å². The van der Waals surface area contributed by atoms with Crippen molar-refractivity contribution in [2.75, 3.05) is 0 Å². The molecule has 0 amide bonds. The number of rotatable bonds is 6. The lowest BCUT2D eigenvalue weighted by Gasteiger charge is -2.13. The first-order valence-electron chi connectivity index (χ1n) is 6.28. The summed E-state index contributed by atoms with van der Waals surface area (Å²) in [7, 11) is 1.92. The van der Waals surface area contributed by atoms with Crippen molar-refractivity contribution in [2.45, 2.75) is 25.3 Å². The molecule has 1 unspecified atom stereocenters. The van der Waals surface area contributed by atoms with Crippen LogP contribution in [0.3, 0.4) is 0 Å². The van der Waals surface area contributed by atoms with Crippen molar-refractivity contribution in [1.82, 2.24) is 15.2 Å². The fourth-order valence-corrected chi connectivity index (χ4v) is 2.12. The second-order valence-corrected chi connectivity index (χ2v) is 4.54. The van der Waals surface area contributed by atoms with Gasteiger partial charge in [-0.05, 0) is 24.8 Å². The number of hydrogen-bond acceptors (Lipinski definition) is 3. The van der Waals surface area contributed by atoms with E-state index in [1.165, 1.54) is 5.56 Å². The average Bonchev–Trinajstić information content (AvgIpc) is 2.82. The minimum absolute atomic E-state index is 0.183. The van der Waals surface area contributed by atoms with Crippen LogP contribution in [0.15, 0.2) is 42.7 Å². The van der Waals surface area contributed by atoms with Gasteiger partial charge in [0.25, 0.3) is 0 Å². The summed E-state index contributed by atoms with van der Waals surface area (Å²) in [6, 6.07) is 10.7. The van der Waals surface area contributed by atoms with Gasteiger partial charge in [-0.1, -0.05) is 30.3 Å². The van der Waals surface area contributed by atoms with Crippen LogP contribution in [0.5, 0.6) is 0 Å². The average molecular weight is 244 g/mol. The van der Waals surface area contributed by atoms with Crippen LogP contribution in [0, 0.1) is 0 Å². The van der Waals surface area contributed by atoms with Crippen molar-refractivity contribution >= 4 is 0 Å². The topological polar surface area (TPSA) is 55.9 Å². The molecule has 1 atom stereocenters. The summed E-state index contributed by atoms with van der Waals surface area (Å²) in [5, 5.41) is 4.17. The molecule has 1 aromatic carbocycles. The van der Waals surface area contributed by atoms with Gasteiger partial charge in [0.15, 0.2) is 0 Å². The van der Waals surface area contributed by atoms with Crippen LogP contribution in [0.4, 0.5) is 0 Å². The fraction of sp³-hybridized carbons (Fsp3) is 0.357. The molecule has 0 aliphatic heterocycles. The van der Waals surface area contributed by atoms with Gasteiger partial charge in [-0.15, -0.1) is 0 Å². The number of hydrogen-bond donors (Lipinski definition) is 2. The molecule has 4 heteroatoms. The Kier molecular flexibility index (Phi) is 4.50. The molecule has 3 N–H and O–H groups in total. The van der Waals surface area contributed by atoms with E-state index >= 15 is 0 Å². The largest absolute Gasteiger partial charge is 0.275 e. The van der Waals surface area contributed by atoms with Crippen molar-refractivity contribution < 1.29 is 0 Å². The highest BCUT2D eigenvalue weighted by atomic mass is 15.3. The quantitative estimate of drug-likeness (QED) is 0.603. The molecule has 18 heavy (non-hydrogen) atoms. The van der Waals surface area contributed by atoms with Crippen LogP contribution < -0.4 is 11.3 Å². The maximum absolute atomic E-state index is 5.61. The van der Waals surface area contributed by atoms with Crippen LogP contribution in [0.25, 0.3) is 0 Å². The molecule has 1 heterocycles. The second-order valence-electron chi connectivity index (χ2n) is 4.54. The van der Waals surface area contributed by atoms with Crippen molar-refractivity contribution in [3.05, 3.63) is 53.9 Å². The Hall–Kier alpha value is -1.65. The van der Waals surface area contributed by atoms with E-state index in [0.29, 0.717) is 0 Å². The van der Waals surface area contributed by atoms with Crippen molar-refractivity contribution in [2.24, 2.45) is 12.9 Å². The van der Waals surface area contributed by atoms with Crippen LogP contribution in [-0.2, 0) is 13.5 Å². The van der Waals surface area contributed by atoms with Gasteiger partial charge in [-0.3, -0.25) is 16.0 Å². The summed E-state index contributed by atoms with van der Waals surface area (Å²) in [4.78, 5) is 0. The van der Waals surface area contributed by atoms with Crippen molar-refractivity contribution in [1.29, 1.82) is 0 Å². The van der Waals surface area contributed by atoms with E-state index in [4.69, 9.17) is 5.84 Å². The zero-order chi connectivity index (χ0) is 12.8. The Labute approximate surface area is 108 Å². The molecular weight excluding hydrogens is 224 g/mol. The third-order valence-corrected chi connectivity index (χ3v) is 3.13. The van der Waals surface area contributed by atoms with Gasteiger partial charge >= 0.3 is 0 Å². The zero-order valence-corrected chi connectivity index (χ0v) is 10.7. The summed E-state index contributed by atoms with van der Waals surface area (Å²) in [6.07, 6.45) is 7.07. The highest BCUT2D eigenvalue weighted by Crippen LogP contribution is 2.18. The van der Waals surface area contributed by atoms with Crippen LogP contribution in [0.1, 0.15) is 30.0 Å². The second kappa shape index (κ2) is 6.33. The van der Waals surface area contributed by atoms with Crippen LogP contribution >= 0.6 is 0 Å². The van der Waals surface area contributed by atoms with Gasteiger partial charge in [-0.2, -0.15) is 5.10 Å². The van der Waals surface area contributed by atoms with E-state index in [0.717, 1.165) is 24.8 Å². The first-order chi connectivity index (χ1) is 8.79. The van der Waals surface area contributed by atoms with E-state index in [9.17, 15) is 0 Å². The molecule has 2 aromatic rings. The monoisotopic (exact) mass is 244 g/mol. The molecule has 0 radical (unpaired) electrons. The van der Waals surface area contributed by atoms with Crippen molar-refractivity contribution in [3.63, 3.8) is 0 Å². The Balaban J connectivity index is 1.85. The van der Waals surface area contributed by atoms with Gasteiger partial charge in [0.2, 0.25) is 0 Å². The third kappa shape index (κ3) is 3.42. The minimum Gasteiger partial charge on any atom is -0.275 e. The van der Waals surface area contributed by atoms with E-state index in [2.05, 4.69) is 34.8 Å². The molecule has 0 bridgehead atoms. The maximum Gasteiger partial charge on any atom is 0.0538 e. The molecule has 1 aromatic heterocycles. The Morgan fingerprint density at radius 2 is 2.11 bits per heavy atom. The molecule has 0 saturated heterocycles. The lowest BCUT2D eigenvalue weighted by molar-refractivity contribution is 0.498. The standard InChI is InChI=1S/C14H20N4/c1-18-11-13(10-16-18)14(17-15)9-5-8-12-6-3-2-4-7-12/h2-4,6-7,10-11,14,17H,5,8-9,15H2,1H3. The zero-order valence-electron chi connectivity index (χ0n) is 10.7. The molecule has 96 valence electrons. The van der Waals surface area contributed by atoms with Gasteiger partial charge in [0.1, 0.15) is 0 Å². The SMILES string of the molecule is Cn1cc(C(CCCc2ccccc2)NN)cn1. The molecule has 0 spiro atoms. The predicted molar refractivity (Wildman–Crippen MR) is 72.7 cm³/mol. The number of aromatic nitrogens is 2. The number of nitrogens with two attached hydrogens (primary N) is 1. The third-order valence-electron chi connectivity index (χ3n) is 3.13. The molecule has 0 aliphatic carbocycles. The summed E-state index contributed by atoms with van der Waals surface area (Å²) in [6.45, 7) is 0. The van der Waals surface area contributed by atoms with Crippen LogP contribution in [-0.4, -0.2) is 9.78 Å². The normalized spacial score (nSPS) is 12.6. The maximum atomic E-state index is 5.61. The molecule has 0 aliphatic rings. The van der Waals surface area contributed by atoms with Crippen LogP contribution in [0.2, 0.25) is 0 Å². The lowest BCUT2D eigenvalue weighted by atomic mass is 10.0. The first-order valence-corrected chi connectivity index (χ1v) is 6.28. The Morgan fingerprint density at radius 3 is 2.72 bits per heavy atom. The number of benzene rings is 1.